The molecule has 58 heavy (non-hydrogen) atoms. The molecule has 4 N–H and O–H groups in total. The van der Waals surface area contributed by atoms with Crippen molar-refractivity contribution in [2.75, 3.05) is 23.0 Å². The van der Waals surface area contributed by atoms with Gasteiger partial charge in [-0.3, -0.25) is 19.2 Å². The van der Waals surface area contributed by atoms with Crippen molar-refractivity contribution in [1.29, 1.82) is 0 Å². The summed E-state index contributed by atoms with van der Waals surface area (Å²) in [5, 5.41) is 35.3. The number of carbonyl (C=O) groups is 4. The van der Waals surface area contributed by atoms with Crippen molar-refractivity contribution < 1.29 is 39.6 Å². The summed E-state index contributed by atoms with van der Waals surface area (Å²) in [6.45, 7) is 8.62. The molecule has 0 aromatic carbocycles. The molecule has 350 valence electrons. The number of rotatable bonds is 32. The van der Waals surface area contributed by atoms with E-state index in [1.54, 1.807) is 45.0 Å². The summed E-state index contributed by atoms with van der Waals surface area (Å²) in [5.41, 5.74) is 0. The van der Waals surface area contributed by atoms with E-state index < -0.39 is 23.9 Å². The monoisotopic (exact) mass is 1150 g/mol. The SMILES string of the molecule is CCCCCCC(CCS)C(=O)O.CCCCCCC(CCS)C(=O)O.CCCCCCC(CCS)C(=O)O.CCCCCCC(CCS)C(=O)O.S.S.[CH3][Sn].[CH3][Sn]. The topological polar surface area (TPSA) is 149 Å². The standard InChI is InChI=1S/4C10H20O2S.2CH3.2H2S.2Sn/c4*1-2-3-4-5-6-9(7-8-13)10(11)12;;;;;;/h4*9,13H,2-8H2,1H3,(H,11,12);2*1H3;2*1H2;;. The van der Waals surface area contributed by atoms with E-state index in [9.17, 15) is 19.2 Å². The van der Waals surface area contributed by atoms with Crippen LogP contribution in [0, 0.1) is 23.7 Å². The summed E-state index contributed by atoms with van der Waals surface area (Å²) < 4.78 is 0. The van der Waals surface area contributed by atoms with E-state index in [-0.39, 0.29) is 50.7 Å². The Morgan fingerprint density at radius 1 is 0.345 bits per heavy atom. The fourth-order valence-corrected chi connectivity index (χ4v) is 6.71. The van der Waals surface area contributed by atoms with Crippen molar-refractivity contribution in [2.24, 2.45) is 23.7 Å². The first-order chi connectivity index (χ1) is 26.9. The summed E-state index contributed by atoms with van der Waals surface area (Å²) in [4.78, 5) is 47.1. The van der Waals surface area contributed by atoms with E-state index in [0.717, 1.165) is 77.0 Å². The van der Waals surface area contributed by atoms with Gasteiger partial charge >= 0.3 is 78.8 Å². The first kappa shape index (κ1) is 76.8. The van der Waals surface area contributed by atoms with E-state index in [0.29, 0.717) is 48.7 Å². The second-order valence-corrected chi connectivity index (χ2v) is 15.4. The van der Waals surface area contributed by atoms with Gasteiger partial charge in [0.25, 0.3) is 0 Å². The van der Waals surface area contributed by atoms with Gasteiger partial charge in [-0.1, -0.05) is 130 Å². The molecule has 4 atom stereocenters. The number of carboxylic acid groups (broad SMARTS) is 4. The van der Waals surface area contributed by atoms with E-state index in [1.807, 2.05) is 0 Å². The van der Waals surface area contributed by atoms with Crippen molar-refractivity contribution in [3.8, 4) is 0 Å². The average Bonchev–Trinajstić information content (AvgIpc) is 3.18. The van der Waals surface area contributed by atoms with Crippen molar-refractivity contribution in [2.45, 2.75) is 192 Å². The van der Waals surface area contributed by atoms with Gasteiger partial charge in [0.05, 0.1) is 23.7 Å². The van der Waals surface area contributed by atoms with Crippen LogP contribution >= 0.6 is 77.5 Å². The Hall–Kier alpha value is 1.58. The van der Waals surface area contributed by atoms with E-state index >= 15 is 0 Å². The number of hydrogen-bond acceptors (Lipinski definition) is 8. The molecular weight excluding hydrogens is 1060 g/mol. The van der Waals surface area contributed by atoms with Crippen molar-refractivity contribution in [3.05, 3.63) is 0 Å². The molecule has 0 bridgehead atoms. The van der Waals surface area contributed by atoms with Gasteiger partial charge in [0, 0.05) is 0 Å². The van der Waals surface area contributed by atoms with Gasteiger partial charge in [0.1, 0.15) is 0 Å². The zero-order chi connectivity index (χ0) is 44.4. The average molecular weight is 1150 g/mol. The Bertz CT molecular complexity index is 696. The van der Waals surface area contributed by atoms with Crippen LogP contribution in [0.5, 0.6) is 0 Å². The Kier molecular flexibility index (Phi) is 89.6. The van der Waals surface area contributed by atoms with Gasteiger partial charge in [-0.15, -0.1) is 0 Å². The summed E-state index contributed by atoms with van der Waals surface area (Å²) in [6, 6.07) is 0. The third-order valence-electron chi connectivity index (χ3n) is 8.93. The van der Waals surface area contributed by atoms with Gasteiger partial charge < -0.3 is 20.4 Å². The maximum atomic E-state index is 10.7. The molecule has 0 aliphatic heterocycles. The van der Waals surface area contributed by atoms with Crippen LogP contribution in [0.25, 0.3) is 0 Å². The Morgan fingerprint density at radius 2 is 0.500 bits per heavy atom. The number of thiol groups is 4. The minimum atomic E-state index is -0.662. The molecule has 6 radical (unpaired) electrons. The normalized spacial score (nSPS) is 11.7. The summed E-state index contributed by atoms with van der Waals surface area (Å²) in [6.07, 6.45) is 24.5. The van der Waals surface area contributed by atoms with Crippen LogP contribution in [0.2, 0.25) is 9.88 Å². The molecule has 0 aliphatic carbocycles. The second kappa shape index (κ2) is 67.7. The molecule has 0 fully saturated rings. The van der Waals surface area contributed by atoms with Gasteiger partial charge in [-0.05, 0) is 74.4 Å². The van der Waals surface area contributed by atoms with Crippen molar-refractivity contribution in [3.63, 3.8) is 0 Å². The van der Waals surface area contributed by atoms with E-state index in [2.05, 4.69) is 88.1 Å². The number of carboxylic acids is 4. The maximum absolute atomic E-state index is 10.7. The quantitative estimate of drug-likeness (QED) is 0.0189. The van der Waals surface area contributed by atoms with Crippen LogP contribution in [-0.4, -0.2) is 112 Å². The van der Waals surface area contributed by atoms with Crippen LogP contribution in [0.3, 0.4) is 0 Å². The number of hydrogen-bond donors (Lipinski definition) is 8. The first-order valence-corrected chi connectivity index (χ1v) is 29.5. The predicted octanol–water partition coefficient (Wildman–Crippen LogP) is 12.5. The molecule has 0 aliphatic rings. The molecule has 0 spiro atoms. The molecule has 0 heterocycles. The summed E-state index contributed by atoms with van der Waals surface area (Å²) in [5.74, 6) is -0.648. The second-order valence-electron chi connectivity index (χ2n) is 13.6. The van der Waals surface area contributed by atoms with Crippen LogP contribution in [0.15, 0.2) is 0 Å². The van der Waals surface area contributed by atoms with Gasteiger partial charge in [0.2, 0.25) is 0 Å². The van der Waals surface area contributed by atoms with Gasteiger partial charge in [-0.2, -0.15) is 77.5 Å². The fourth-order valence-electron chi connectivity index (χ4n) is 5.46. The molecule has 0 rings (SSSR count). The van der Waals surface area contributed by atoms with E-state index in [4.69, 9.17) is 20.4 Å². The van der Waals surface area contributed by atoms with Crippen LogP contribution in [-0.2, 0) is 19.2 Å². The molecule has 0 aromatic rings. The molecule has 0 saturated heterocycles. The Balaban J connectivity index is -0.0000000919. The third kappa shape index (κ3) is 64.2. The predicted molar refractivity (Wildman–Crippen MR) is 277 cm³/mol. The van der Waals surface area contributed by atoms with Gasteiger partial charge in [0.15, 0.2) is 0 Å². The molecule has 0 aromatic heterocycles. The summed E-state index contributed by atoms with van der Waals surface area (Å²) >= 11 is 19.3. The zero-order valence-electron chi connectivity index (χ0n) is 37.3. The fraction of sp³-hybridized carbons (Fsp3) is 0.905. The van der Waals surface area contributed by atoms with Crippen LogP contribution < -0.4 is 0 Å². The first-order valence-electron chi connectivity index (χ1n) is 21.2. The van der Waals surface area contributed by atoms with Crippen LogP contribution in [0.1, 0.15) is 182 Å². The molecule has 0 amide bonds. The summed E-state index contributed by atoms with van der Waals surface area (Å²) in [7, 11) is 0. The number of unbranched alkanes of at least 4 members (excludes halogenated alkanes) is 12. The molecule has 4 unspecified atom stereocenters. The van der Waals surface area contributed by atoms with Crippen molar-refractivity contribution >= 4 is 146 Å². The third-order valence-corrected chi connectivity index (χ3v) is 9.96. The van der Waals surface area contributed by atoms with Gasteiger partial charge in [-0.25, -0.2) is 0 Å². The minimum absolute atomic E-state index is 0. The molecule has 8 nitrogen and oxygen atoms in total. The molecule has 0 saturated carbocycles. The van der Waals surface area contributed by atoms with Crippen LogP contribution in [0.4, 0.5) is 0 Å². The van der Waals surface area contributed by atoms with Crippen molar-refractivity contribution in [1.82, 2.24) is 0 Å². The Labute approximate surface area is 420 Å². The molecule has 16 heteroatoms. The molecular formula is C42H90O8S6Sn2. The van der Waals surface area contributed by atoms with E-state index in [1.165, 1.54) is 51.4 Å². The number of aliphatic carboxylic acids is 4. The zero-order valence-corrected chi connectivity index (χ0v) is 48.6. The Morgan fingerprint density at radius 3 is 0.603 bits per heavy atom.